The van der Waals surface area contributed by atoms with Gasteiger partial charge >= 0.3 is 0 Å². The zero-order valence-electron chi connectivity index (χ0n) is 23.9. The minimum atomic E-state index is -0.581. The van der Waals surface area contributed by atoms with Gasteiger partial charge < -0.3 is 16.0 Å². The summed E-state index contributed by atoms with van der Waals surface area (Å²) in [6, 6.07) is 0. The molecule has 0 aromatic heterocycles. The molecule has 1 aliphatic heterocycles. The van der Waals surface area contributed by atoms with Gasteiger partial charge in [-0.3, -0.25) is 44.4 Å². The summed E-state index contributed by atoms with van der Waals surface area (Å²) in [7, 11) is 0. The number of rotatable bonds is 0. The highest BCUT2D eigenvalue weighted by atomic mass is 32.2. The number of thioether (sulfide) groups is 2. The van der Waals surface area contributed by atoms with E-state index in [1.54, 1.807) is 0 Å². The van der Waals surface area contributed by atoms with E-state index in [1.807, 2.05) is 0 Å². The molecule has 240 valence electrons. The van der Waals surface area contributed by atoms with Gasteiger partial charge in [-0.05, 0) is 19.3 Å². The maximum atomic E-state index is 12.0. The first-order valence-corrected chi connectivity index (χ1v) is 16.3. The van der Waals surface area contributed by atoms with Crippen LogP contribution in [0.2, 0.25) is 0 Å². The summed E-state index contributed by atoms with van der Waals surface area (Å²) in [4.78, 5) is 71.9. The molecule has 1 aliphatic rings. The molecule has 0 radical (unpaired) electrons. The van der Waals surface area contributed by atoms with Crippen molar-refractivity contribution in [3.8, 4) is 0 Å². The van der Waals surface area contributed by atoms with Crippen molar-refractivity contribution >= 4 is 59.0 Å². The smallest absolute Gasteiger partial charge is 0.246 e. The van der Waals surface area contributed by atoms with Gasteiger partial charge in [0.2, 0.25) is 35.4 Å². The average Bonchev–Trinajstić information content (AvgIpc) is 2.97. The summed E-state index contributed by atoms with van der Waals surface area (Å²) in [5.74, 6) is -0.828. The summed E-state index contributed by atoms with van der Waals surface area (Å²) >= 11 is 2.82. The van der Waals surface area contributed by atoms with E-state index in [1.165, 1.54) is 23.5 Å². The van der Waals surface area contributed by atoms with E-state index in [4.69, 9.17) is 0 Å². The molecule has 42 heavy (non-hydrogen) atoms. The Morgan fingerprint density at radius 3 is 1.26 bits per heavy atom. The Labute approximate surface area is 254 Å². The molecule has 1 rings (SSSR count). The van der Waals surface area contributed by atoms with Gasteiger partial charge in [-0.25, -0.2) is 15.2 Å². The molecule has 0 aromatic rings. The molecule has 1 saturated heterocycles. The third-order valence-corrected chi connectivity index (χ3v) is 7.89. The first kappa shape index (κ1) is 37.4. The van der Waals surface area contributed by atoms with E-state index in [0.717, 1.165) is 0 Å². The second-order valence-corrected chi connectivity index (χ2v) is 11.8. The Balaban J connectivity index is 2.49. The lowest BCUT2D eigenvalue weighted by molar-refractivity contribution is -0.166. The van der Waals surface area contributed by atoms with Crippen molar-refractivity contribution in [2.24, 2.45) is 0 Å². The van der Waals surface area contributed by atoms with Crippen LogP contribution in [0.3, 0.4) is 0 Å². The Kier molecular flexibility index (Phi) is 20.4. The van der Waals surface area contributed by atoms with E-state index < -0.39 is 17.7 Å². The van der Waals surface area contributed by atoms with Gasteiger partial charge in [0.25, 0.3) is 0 Å². The van der Waals surface area contributed by atoms with Crippen LogP contribution < -0.4 is 16.0 Å². The van der Waals surface area contributed by atoms with E-state index in [9.17, 15) is 44.4 Å². The lowest BCUT2D eigenvalue weighted by Crippen LogP contribution is -2.32. The number of carbonyl (C=O) groups is 6. The molecule has 0 spiro atoms. The fourth-order valence-corrected chi connectivity index (χ4v) is 5.02. The van der Waals surface area contributed by atoms with E-state index in [-0.39, 0.29) is 75.9 Å². The lowest BCUT2D eigenvalue weighted by atomic mass is 10.2. The van der Waals surface area contributed by atoms with Crippen molar-refractivity contribution in [3.05, 3.63) is 0 Å². The SMILES string of the molecule is O=C1CCC(=O)N(O)CCCCCNC(=O)CCC(=O)N(O)CCSCCNC(=O)CCC(=O)N(O)CCSCCN1. The first-order valence-electron chi connectivity index (χ1n) is 14.0. The summed E-state index contributed by atoms with van der Waals surface area (Å²) < 4.78 is 0. The number of hydrogen-bond donors (Lipinski definition) is 6. The molecule has 6 N–H and O–H groups in total. The van der Waals surface area contributed by atoms with Crippen LogP contribution in [-0.4, -0.2) is 129 Å². The van der Waals surface area contributed by atoms with Crippen molar-refractivity contribution in [1.29, 1.82) is 0 Å². The second kappa shape index (κ2) is 22.9. The van der Waals surface area contributed by atoms with Gasteiger partial charge in [-0.2, -0.15) is 23.5 Å². The fourth-order valence-electron chi connectivity index (χ4n) is 3.51. The molecule has 1 fully saturated rings. The highest BCUT2D eigenvalue weighted by molar-refractivity contribution is 7.99. The van der Waals surface area contributed by atoms with Crippen LogP contribution in [0.5, 0.6) is 0 Å². The van der Waals surface area contributed by atoms with Crippen LogP contribution in [0.4, 0.5) is 0 Å². The largest absolute Gasteiger partial charge is 0.356 e. The van der Waals surface area contributed by atoms with Crippen molar-refractivity contribution in [2.75, 3.05) is 62.3 Å². The molecule has 15 nitrogen and oxygen atoms in total. The van der Waals surface area contributed by atoms with Crippen LogP contribution >= 0.6 is 23.5 Å². The Morgan fingerprint density at radius 1 is 0.452 bits per heavy atom. The van der Waals surface area contributed by atoms with Crippen LogP contribution in [0, 0.1) is 0 Å². The highest BCUT2D eigenvalue weighted by Crippen LogP contribution is 2.05. The van der Waals surface area contributed by atoms with Crippen LogP contribution in [-0.2, 0) is 28.8 Å². The molecular formula is C25H44N6O9S2. The van der Waals surface area contributed by atoms with Crippen LogP contribution in [0.1, 0.15) is 57.8 Å². The molecular weight excluding hydrogens is 592 g/mol. The lowest BCUT2D eigenvalue weighted by Gasteiger charge is -2.15. The molecule has 0 aromatic carbocycles. The molecule has 6 amide bonds. The molecule has 1 heterocycles. The standard InChI is InChI=1S/C25H44N6O9S2/c32-20-4-8-24(36)30(39)14-18-42-17-12-28-22(34)6-9-25(37)31(40)15-19-41-16-11-27-21(33)5-7-23(35)29(38)13-3-1-2-10-26-20/h38-40H,1-19H2,(H,26,32)(H,27,33)(H,28,34). The maximum Gasteiger partial charge on any atom is 0.246 e. The monoisotopic (exact) mass is 636 g/mol. The van der Waals surface area contributed by atoms with Crippen LogP contribution in [0.25, 0.3) is 0 Å². The number of amides is 6. The quantitative estimate of drug-likeness (QED) is 0.195. The summed E-state index contributed by atoms with van der Waals surface area (Å²) in [6.45, 7) is 1.27. The summed E-state index contributed by atoms with van der Waals surface area (Å²) in [6.07, 6.45) is 1.07. The van der Waals surface area contributed by atoms with Crippen molar-refractivity contribution in [2.45, 2.75) is 57.8 Å². The van der Waals surface area contributed by atoms with Gasteiger partial charge in [0.1, 0.15) is 0 Å². The molecule has 0 bridgehead atoms. The zero-order chi connectivity index (χ0) is 31.2. The molecule has 0 unspecified atom stereocenters. The minimum absolute atomic E-state index is 0.0632. The fraction of sp³-hybridized carbons (Fsp3) is 0.760. The molecule has 0 aliphatic carbocycles. The molecule has 0 saturated carbocycles. The van der Waals surface area contributed by atoms with E-state index >= 15 is 0 Å². The third-order valence-electron chi connectivity index (χ3n) is 5.96. The number of hydrogen-bond acceptors (Lipinski definition) is 11. The topological polar surface area (TPSA) is 209 Å². The average molecular weight is 637 g/mol. The zero-order valence-corrected chi connectivity index (χ0v) is 25.5. The van der Waals surface area contributed by atoms with Gasteiger partial charge in [0, 0.05) is 87.7 Å². The number of carbonyl (C=O) groups excluding carboxylic acids is 6. The third kappa shape index (κ3) is 18.8. The van der Waals surface area contributed by atoms with Crippen molar-refractivity contribution in [1.82, 2.24) is 31.1 Å². The number of nitrogens with zero attached hydrogens (tertiary/aromatic N) is 3. The number of hydroxylamine groups is 6. The van der Waals surface area contributed by atoms with Crippen molar-refractivity contribution in [3.63, 3.8) is 0 Å². The molecule has 0 atom stereocenters. The Bertz CT molecular complexity index is 774. The van der Waals surface area contributed by atoms with Gasteiger partial charge in [-0.15, -0.1) is 0 Å². The maximum absolute atomic E-state index is 12.0. The van der Waals surface area contributed by atoms with Gasteiger partial charge in [-0.1, -0.05) is 0 Å². The second-order valence-electron chi connectivity index (χ2n) is 9.39. The minimum Gasteiger partial charge on any atom is -0.356 e. The van der Waals surface area contributed by atoms with Crippen molar-refractivity contribution < 1.29 is 44.4 Å². The number of nitrogens with one attached hydrogen (secondary N) is 3. The van der Waals surface area contributed by atoms with E-state index in [2.05, 4.69) is 16.0 Å². The predicted octanol–water partition coefficient (Wildman–Crippen LogP) is -0.0207. The summed E-state index contributed by atoms with van der Waals surface area (Å²) in [5.41, 5.74) is 0. The summed E-state index contributed by atoms with van der Waals surface area (Å²) in [5, 5.41) is 39.4. The van der Waals surface area contributed by atoms with E-state index in [0.29, 0.717) is 77.1 Å². The van der Waals surface area contributed by atoms with Gasteiger partial charge in [0.15, 0.2) is 0 Å². The van der Waals surface area contributed by atoms with Crippen LogP contribution in [0.15, 0.2) is 0 Å². The predicted molar refractivity (Wildman–Crippen MR) is 156 cm³/mol. The Hall–Kier alpha value is -2.60. The highest BCUT2D eigenvalue weighted by Gasteiger charge is 2.15. The normalized spacial score (nSPS) is 21.4. The van der Waals surface area contributed by atoms with Gasteiger partial charge in [0.05, 0.1) is 13.1 Å². The molecule has 17 heteroatoms. The first-order chi connectivity index (χ1) is 20.1. The Morgan fingerprint density at radius 2 is 0.833 bits per heavy atom.